The van der Waals surface area contributed by atoms with Crippen LogP contribution in [0.3, 0.4) is 0 Å². The number of hydrogen-bond acceptors (Lipinski definition) is 2. The molecule has 0 saturated heterocycles. The Balaban J connectivity index is 3.06. The summed E-state index contributed by atoms with van der Waals surface area (Å²) in [6.07, 6.45) is 10.1. The fourth-order valence-corrected chi connectivity index (χ4v) is 2.11. The first-order valence-electron chi connectivity index (χ1n) is 6.42. The van der Waals surface area contributed by atoms with Gasteiger partial charge in [-0.3, -0.25) is 0 Å². The summed E-state index contributed by atoms with van der Waals surface area (Å²) in [5.74, 6) is 0. The van der Waals surface area contributed by atoms with E-state index in [-0.39, 0.29) is 0 Å². The molecule has 0 aliphatic rings. The lowest BCUT2D eigenvalue weighted by Crippen LogP contribution is -2.20. The lowest BCUT2D eigenvalue weighted by Gasteiger charge is -2.14. The van der Waals surface area contributed by atoms with Crippen molar-refractivity contribution in [3.05, 3.63) is 0 Å². The third kappa shape index (κ3) is 12.0. The summed E-state index contributed by atoms with van der Waals surface area (Å²) in [6, 6.07) is 2.18. The van der Waals surface area contributed by atoms with E-state index in [9.17, 15) is 0 Å². The molecule has 0 aliphatic carbocycles. The zero-order chi connectivity index (χ0) is 12.1. The molecule has 0 aromatic heterocycles. The van der Waals surface area contributed by atoms with Crippen LogP contribution in [0.2, 0.25) is 0 Å². The molecule has 94 valence electrons. The van der Waals surface area contributed by atoms with Gasteiger partial charge in [0.15, 0.2) is 0 Å². The van der Waals surface area contributed by atoms with E-state index in [1.54, 1.807) is 0 Å². The van der Waals surface area contributed by atoms with Crippen molar-refractivity contribution in [3.8, 4) is 6.07 Å². The highest BCUT2D eigenvalue weighted by atomic mass is 79.9. The van der Waals surface area contributed by atoms with Gasteiger partial charge in [0.25, 0.3) is 0 Å². The Bertz CT molecular complexity index is 177. The zero-order valence-corrected chi connectivity index (χ0v) is 12.1. The van der Waals surface area contributed by atoms with Crippen LogP contribution in [0.15, 0.2) is 0 Å². The second-order valence-corrected chi connectivity index (χ2v) is 5.17. The number of unbranched alkanes of at least 4 members (excludes halogenated alkanes) is 6. The summed E-state index contributed by atoms with van der Waals surface area (Å²) in [6.45, 7) is 2.06. The summed E-state index contributed by atoms with van der Waals surface area (Å²) in [5.41, 5.74) is 0. The van der Waals surface area contributed by atoms with Crippen molar-refractivity contribution < 1.29 is 0 Å². The predicted octanol–water partition coefficient (Wildman–Crippen LogP) is 3.96. The molecule has 0 radical (unpaired) electrons. The minimum Gasteiger partial charge on any atom is -0.305 e. The molecule has 0 spiro atoms. The average molecular weight is 289 g/mol. The Hall–Kier alpha value is -0.0700. The van der Waals surface area contributed by atoms with Crippen LogP contribution in [0.5, 0.6) is 0 Å². The molecular formula is C13H25BrN2. The molecule has 0 aromatic rings. The van der Waals surface area contributed by atoms with E-state index in [0.717, 1.165) is 18.4 Å². The first kappa shape index (κ1) is 15.9. The molecule has 0 fully saturated rings. The van der Waals surface area contributed by atoms with Crippen LogP contribution < -0.4 is 0 Å². The van der Waals surface area contributed by atoms with E-state index in [4.69, 9.17) is 5.26 Å². The van der Waals surface area contributed by atoms with Gasteiger partial charge in [-0.1, -0.05) is 48.0 Å². The number of nitriles is 1. The van der Waals surface area contributed by atoms with Crippen LogP contribution >= 0.6 is 15.9 Å². The van der Waals surface area contributed by atoms with Crippen molar-refractivity contribution in [2.24, 2.45) is 0 Å². The number of alkyl halides is 1. The third-order valence-electron chi connectivity index (χ3n) is 2.78. The van der Waals surface area contributed by atoms with Crippen molar-refractivity contribution in [1.82, 2.24) is 4.90 Å². The Morgan fingerprint density at radius 1 is 0.938 bits per heavy atom. The van der Waals surface area contributed by atoms with Crippen molar-refractivity contribution in [1.29, 1.82) is 5.26 Å². The maximum absolute atomic E-state index is 8.45. The molecule has 3 heteroatoms. The molecule has 0 aliphatic heterocycles. The average Bonchev–Trinajstić information content (AvgIpc) is 2.30. The third-order valence-corrected chi connectivity index (χ3v) is 3.34. The van der Waals surface area contributed by atoms with Crippen LogP contribution in [0.25, 0.3) is 0 Å². The SMILES string of the molecule is CN(CCC#N)CCCCCCCCCBr. The summed E-state index contributed by atoms with van der Waals surface area (Å²) in [7, 11) is 2.10. The van der Waals surface area contributed by atoms with Crippen molar-refractivity contribution in [3.63, 3.8) is 0 Å². The maximum Gasteiger partial charge on any atom is 0.0635 e. The van der Waals surface area contributed by atoms with E-state index in [1.807, 2.05) is 0 Å². The topological polar surface area (TPSA) is 27.0 Å². The van der Waals surface area contributed by atoms with Gasteiger partial charge in [0.05, 0.1) is 6.07 Å². The quantitative estimate of drug-likeness (QED) is 0.425. The molecule has 2 nitrogen and oxygen atoms in total. The Kier molecular flexibility index (Phi) is 12.9. The van der Waals surface area contributed by atoms with Crippen molar-refractivity contribution in [2.75, 3.05) is 25.5 Å². The molecular weight excluding hydrogens is 264 g/mol. The van der Waals surface area contributed by atoms with Gasteiger partial charge in [-0.2, -0.15) is 5.26 Å². The van der Waals surface area contributed by atoms with Crippen LogP contribution in [0.1, 0.15) is 51.4 Å². The summed E-state index contributed by atoms with van der Waals surface area (Å²) >= 11 is 3.45. The highest BCUT2D eigenvalue weighted by Gasteiger charge is 1.97. The molecule has 0 amide bonds. The molecule has 0 N–H and O–H groups in total. The van der Waals surface area contributed by atoms with Crippen molar-refractivity contribution in [2.45, 2.75) is 51.4 Å². The Labute approximate surface area is 109 Å². The fourth-order valence-electron chi connectivity index (χ4n) is 1.71. The summed E-state index contributed by atoms with van der Waals surface area (Å²) in [5, 5.41) is 9.60. The van der Waals surface area contributed by atoms with Crippen LogP contribution in [0.4, 0.5) is 0 Å². The van der Waals surface area contributed by atoms with Gasteiger partial charge in [-0.05, 0) is 26.4 Å². The predicted molar refractivity (Wildman–Crippen MR) is 73.8 cm³/mol. The smallest absolute Gasteiger partial charge is 0.0635 e. The van der Waals surface area contributed by atoms with Gasteiger partial charge < -0.3 is 4.90 Å². The maximum atomic E-state index is 8.45. The molecule has 0 bridgehead atoms. The highest BCUT2D eigenvalue weighted by molar-refractivity contribution is 9.09. The molecule has 16 heavy (non-hydrogen) atoms. The standard InChI is InChI=1S/C13H25BrN2/c1-16(13-9-11-15)12-8-6-4-2-3-5-7-10-14/h2-10,12-13H2,1H3. The Morgan fingerprint density at radius 2 is 1.50 bits per heavy atom. The van der Waals surface area contributed by atoms with E-state index in [0.29, 0.717) is 6.42 Å². The van der Waals surface area contributed by atoms with Crippen molar-refractivity contribution >= 4 is 15.9 Å². The summed E-state index contributed by atoms with van der Waals surface area (Å²) < 4.78 is 0. The number of nitrogens with zero attached hydrogens (tertiary/aromatic N) is 2. The monoisotopic (exact) mass is 288 g/mol. The van der Waals surface area contributed by atoms with Crippen LogP contribution in [-0.4, -0.2) is 30.4 Å². The molecule has 0 unspecified atom stereocenters. The van der Waals surface area contributed by atoms with Crippen LogP contribution in [-0.2, 0) is 0 Å². The first-order chi connectivity index (χ1) is 7.81. The van der Waals surface area contributed by atoms with E-state index >= 15 is 0 Å². The molecule has 0 aromatic carbocycles. The molecule has 0 rings (SSSR count). The normalized spacial score (nSPS) is 10.6. The number of halogens is 1. The number of hydrogen-bond donors (Lipinski definition) is 0. The van der Waals surface area contributed by atoms with Gasteiger partial charge >= 0.3 is 0 Å². The second kappa shape index (κ2) is 13.0. The lowest BCUT2D eigenvalue weighted by molar-refractivity contribution is 0.331. The van der Waals surface area contributed by atoms with E-state index < -0.39 is 0 Å². The number of rotatable bonds is 11. The lowest BCUT2D eigenvalue weighted by atomic mass is 10.1. The second-order valence-electron chi connectivity index (χ2n) is 4.38. The van der Waals surface area contributed by atoms with Gasteiger partial charge in [0, 0.05) is 18.3 Å². The fraction of sp³-hybridized carbons (Fsp3) is 0.923. The van der Waals surface area contributed by atoms with Gasteiger partial charge in [0.1, 0.15) is 0 Å². The van der Waals surface area contributed by atoms with E-state index in [1.165, 1.54) is 44.9 Å². The van der Waals surface area contributed by atoms with Gasteiger partial charge in [-0.25, -0.2) is 0 Å². The van der Waals surface area contributed by atoms with Gasteiger partial charge in [0.2, 0.25) is 0 Å². The summed E-state index contributed by atoms with van der Waals surface area (Å²) in [4.78, 5) is 2.26. The Morgan fingerprint density at radius 3 is 2.06 bits per heavy atom. The molecule has 0 heterocycles. The van der Waals surface area contributed by atoms with E-state index in [2.05, 4.69) is 33.9 Å². The first-order valence-corrected chi connectivity index (χ1v) is 7.55. The molecule has 0 saturated carbocycles. The highest BCUT2D eigenvalue weighted by Crippen LogP contribution is 2.08. The van der Waals surface area contributed by atoms with Gasteiger partial charge in [-0.15, -0.1) is 0 Å². The zero-order valence-electron chi connectivity index (χ0n) is 10.6. The van der Waals surface area contributed by atoms with Crippen LogP contribution in [0, 0.1) is 11.3 Å². The molecule has 0 atom stereocenters. The largest absolute Gasteiger partial charge is 0.305 e. The minimum absolute atomic E-state index is 0.656. The minimum atomic E-state index is 0.656.